The molecule has 4 rings (SSSR count). The molecule has 128 valence electrons. The van der Waals surface area contributed by atoms with Crippen molar-refractivity contribution in [3.8, 4) is 0 Å². The van der Waals surface area contributed by atoms with Crippen molar-refractivity contribution in [2.24, 2.45) is 0 Å². The molecule has 0 saturated carbocycles. The Kier molecular flexibility index (Phi) is 4.60. The Morgan fingerprint density at radius 1 is 0.680 bits per heavy atom. The number of halogens is 1. The maximum Gasteiger partial charge on any atom is 0.219 e. The lowest BCUT2D eigenvalue weighted by atomic mass is 10.0. The van der Waals surface area contributed by atoms with Gasteiger partial charge in [0.25, 0.3) is 0 Å². The molecule has 0 bridgehead atoms. The monoisotopic (exact) mass is 357 g/mol. The number of aromatic nitrogens is 1. The third-order valence-corrected chi connectivity index (χ3v) is 4.03. The number of hydrogen-bond donors (Lipinski definition) is 0. The van der Waals surface area contributed by atoms with Crippen LogP contribution in [0.5, 0.6) is 0 Å². The van der Waals surface area contributed by atoms with E-state index in [1.165, 1.54) is 38.4 Å². The lowest BCUT2D eigenvalue weighted by Crippen LogP contribution is -2.68. The van der Waals surface area contributed by atoms with Crippen LogP contribution in [0.3, 0.4) is 0 Å². The summed E-state index contributed by atoms with van der Waals surface area (Å²) in [7, 11) is -4.94. The molecule has 0 atom stereocenters. The molecule has 4 aromatic rings. The number of aryl methyl sites for hydroxylation is 2. The molecule has 0 aliphatic rings. The normalized spacial score (nSPS) is 11.6. The van der Waals surface area contributed by atoms with Crippen LogP contribution in [0.1, 0.15) is 11.3 Å². The van der Waals surface area contributed by atoms with Gasteiger partial charge in [0.2, 0.25) is 11.0 Å². The van der Waals surface area contributed by atoms with Crippen LogP contribution in [0.2, 0.25) is 0 Å². The van der Waals surface area contributed by atoms with Crippen molar-refractivity contribution >= 4 is 27.2 Å². The van der Waals surface area contributed by atoms with Crippen molar-refractivity contribution in [2.75, 3.05) is 0 Å². The second-order valence-corrected chi connectivity index (χ2v) is 6.59. The first-order valence-electron chi connectivity index (χ1n) is 7.60. The highest BCUT2D eigenvalue weighted by molar-refractivity contribution is 6.09. The minimum atomic E-state index is -4.94. The van der Waals surface area contributed by atoms with Gasteiger partial charge in [-0.2, -0.15) is 4.40 Å². The smallest absolute Gasteiger partial charge is 0.219 e. The van der Waals surface area contributed by atoms with Crippen LogP contribution in [0, 0.1) is 24.1 Å². The molecular formula is C19H16ClNO4. The van der Waals surface area contributed by atoms with Gasteiger partial charge in [0.15, 0.2) is 5.69 Å². The molecule has 0 radical (unpaired) electrons. The van der Waals surface area contributed by atoms with E-state index in [9.17, 15) is 0 Å². The fourth-order valence-corrected chi connectivity index (χ4v) is 3.26. The predicted octanol–water partition coefficient (Wildman–Crippen LogP) is -0.407. The molecule has 0 amide bonds. The number of hydrogen-bond acceptors (Lipinski definition) is 4. The molecule has 2 heterocycles. The molecular weight excluding hydrogens is 342 g/mol. The second-order valence-electron chi connectivity index (χ2n) is 5.84. The quantitative estimate of drug-likeness (QED) is 0.316. The zero-order valence-electron chi connectivity index (χ0n) is 13.7. The van der Waals surface area contributed by atoms with Crippen molar-refractivity contribution in [3.05, 3.63) is 71.9 Å². The highest BCUT2D eigenvalue weighted by atomic mass is 35.7. The van der Waals surface area contributed by atoms with Crippen molar-refractivity contribution < 1.29 is 33.3 Å². The van der Waals surface area contributed by atoms with Crippen molar-refractivity contribution in [3.63, 3.8) is 0 Å². The van der Waals surface area contributed by atoms with Gasteiger partial charge in [-0.15, -0.1) is 10.2 Å². The standard InChI is InChI=1S/C19H16N.ClHO4/c1-13-11-14(2)20-18-10-6-5-8-16(18)15-7-3-4-9-17(15)19(20)12-13;2-1(3,4)5/h3-12H,1-2H3;(H,2,3,4,5)/q+1;/p-1. The van der Waals surface area contributed by atoms with Crippen LogP contribution in [0.4, 0.5) is 0 Å². The fourth-order valence-electron chi connectivity index (χ4n) is 3.26. The SMILES string of the molecule is Cc1cc(C)[n+]2c3ccccc3c3ccccc3c2c1.[O-][Cl+3]([O-])([O-])[O-]. The lowest BCUT2D eigenvalue weighted by Gasteiger charge is -2.17. The predicted molar refractivity (Wildman–Crippen MR) is 84.1 cm³/mol. The van der Waals surface area contributed by atoms with E-state index in [1.54, 1.807) is 0 Å². The maximum absolute atomic E-state index is 8.49. The van der Waals surface area contributed by atoms with E-state index >= 15 is 0 Å². The number of benzene rings is 2. The molecule has 0 fully saturated rings. The van der Waals surface area contributed by atoms with Gasteiger partial charge >= 0.3 is 0 Å². The lowest BCUT2D eigenvalue weighted by molar-refractivity contribution is -2.00. The topological polar surface area (TPSA) is 96.3 Å². The first kappa shape index (κ1) is 17.5. The Morgan fingerprint density at radius 3 is 1.76 bits per heavy atom. The number of nitrogens with zero attached hydrogens (tertiary/aromatic N) is 1. The maximum atomic E-state index is 8.49. The van der Waals surface area contributed by atoms with Gasteiger partial charge in [0.1, 0.15) is 0 Å². The third-order valence-electron chi connectivity index (χ3n) is 4.03. The summed E-state index contributed by atoms with van der Waals surface area (Å²) in [6.07, 6.45) is 0. The molecule has 25 heavy (non-hydrogen) atoms. The van der Waals surface area contributed by atoms with Crippen LogP contribution in [0.15, 0.2) is 60.7 Å². The van der Waals surface area contributed by atoms with E-state index in [0.717, 1.165) is 0 Å². The largest absolute Gasteiger partial charge is 0.222 e. The summed E-state index contributed by atoms with van der Waals surface area (Å²) in [4.78, 5) is 0. The van der Waals surface area contributed by atoms with Crippen molar-refractivity contribution in [1.82, 2.24) is 0 Å². The van der Waals surface area contributed by atoms with E-state index in [0.29, 0.717) is 0 Å². The Labute approximate surface area is 146 Å². The van der Waals surface area contributed by atoms with Crippen LogP contribution in [0.25, 0.3) is 27.2 Å². The van der Waals surface area contributed by atoms with Gasteiger partial charge in [0, 0.05) is 30.5 Å². The summed E-state index contributed by atoms with van der Waals surface area (Å²) in [5.41, 5.74) is 5.15. The molecule has 6 heteroatoms. The van der Waals surface area contributed by atoms with Gasteiger partial charge in [-0.1, -0.05) is 30.3 Å². The van der Waals surface area contributed by atoms with Crippen LogP contribution >= 0.6 is 0 Å². The Morgan fingerprint density at radius 2 is 1.16 bits per heavy atom. The molecule has 0 aliphatic heterocycles. The number of rotatable bonds is 0. The summed E-state index contributed by atoms with van der Waals surface area (Å²) in [6.45, 7) is 4.35. The van der Waals surface area contributed by atoms with Crippen molar-refractivity contribution in [1.29, 1.82) is 0 Å². The average Bonchev–Trinajstić information content (AvgIpc) is 2.53. The molecule has 0 N–H and O–H groups in total. The number of fused-ring (bicyclic) bond motifs is 6. The van der Waals surface area contributed by atoms with Crippen molar-refractivity contribution in [2.45, 2.75) is 13.8 Å². The van der Waals surface area contributed by atoms with Crippen LogP contribution in [-0.4, -0.2) is 0 Å². The van der Waals surface area contributed by atoms with E-state index in [4.69, 9.17) is 18.6 Å². The first-order valence-corrected chi connectivity index (χ1v) is 8.83. The van der Waals surface area contributed by atoms with Gasteiger partial charge < -0.3 is 0 Å². The Hall–Kier alpha value is -2.28. The molecule has 0 aliphatic carbocycles. The summed E-state index contributed by atoms with van der Waals surface area (Å²) >= 11 is 0. The third kappa shape index (κ3) is 3.71. The summed E-state index contributed by atoms with van der Waals surface area (Å²) in [5.74, 6) is 0. The summed E-state index contributed by atoms with van der Waals surface area (Å²) < 4.78 is 36.3. The highest BCUT2D eigenvalue weighted by Gasteiger charge is 2.17. The first-order chi connectivity index (χ1) is 11.8. The highest BCUT2D eigenvalue weighted by Crippen LogP contribution is 2.26. The molecule has 0 saturated heterocycles. The van der Waals surface area contributed by atoms with Gasteiger partial charge in [-0.3, -0.25) is 0 Å². The molecule has 2 aromatic carbocycles. The number of pyridine rings is 2. The zero-order valence-corrected chi connectivity index (χ0v) is 14.5. The van der Waals surface area contributed by atoms with Gasteiger partial charge in [0.05, 0.1) is 10.8 Å². The minimum absolute atomic E-state index is 1.28. The minimum Gasteiger partial charge on any atom is -0.222 e. The Bertz CT molecular complexity index is 1070. The zero-order chi connectivity index (χ0) is 18.2. The van der Waals surface area contributed by atoms with Crippen LogP contribution in [-0.2, 0) is 0 Å². The molecule has 2 aromatic heterocycles. The van der Waals surface area contributed by atoms with E-state index in [2.05, 4.69) is 78.9 Å². The molecule has 0 unspecified atom stereocenters. The molecule has 5 nitrogen and oxygen atoms in total. The van der Waals surface area contributed by atoms with E-state index in [1.807, 2.05) is 0 Å². The van der Waals surface area contributed by atoms with Crippen LogP contribution < -0.4 is 23.0 Å². The molecule has 0 spiro atoms. The van der Waals surface area contributed by atoms with Gasteiger partial charge in [-0.05, 0) is 24.6 Å². The number of para-hydroxylation sites is 1. The fraction of sp³-hybridized carbons (Fsp3) is 0.105. The second kappa shape index (κ2) is 6.55. The Balaban J connectivity index is 0.000000324. The van der Waals surface area contributed by atoms with E-state index < -0.39 is 10.2 Å². The van der Waals surface area contributed by atoms with Gasteiger partial charge in [-0.25, -0.2) is 18.6 Å². The average molecular weight is 358 g/mol. The summed E-state index contributed by atoms with van der Waals surface area (Å²) in [6, 6.07) is 21.8. The summed E-state index contributed by atoms with van der Waals surface area (Å²) in [5, 5.41) is 3.96. The van der Waals surface area contributed by atoms with E-state index in [-0.39, 0.29) is 0 Å².